The minimum absolute atomic E-state index is 0.125. The summed E-state index contributed by atoms with van der Waals surface area (Å²) in [4.78, 5) is 49.3. The normalized spacial score (nSPS) is 29.3. The van der Waals surface area contributed by atoms with E-state index in [1.54, 1.807) is 15.4 Å². The summed E-state index contributed by atoms with van der Waals surface area (Å²) in [5, 5.41) is 0. The van der Waals surface area contributed by atoms with Crippen molar-refractivity contribution in [2.24, 2.45) is 17.8 Å². The molecule has 17 nitrogen and oxygen atoms in total. The number of nitrogens with zero attached hydrogens (tertiary/aromatic N) is 4. The Morgan fingerprint density at radius 2 is 1.87 bits per heavy atom. The van der Waals surface area contributed by atoms with Gasteiger partial charge in [-0.15, -0.1) is 0 Å². The number of imidazole rings is 1. The van der Waals surface area contributed by atoms with Gasteiger partial charge in [0.25, 0.3) is 0 Å². The van der Waals surface area contributed by atoms with Gasteiger partial charge in [0.05, 0.1) is 19.0 Å². The van der Waals surface area contributed by atoms with Crippen LogP contribution in [0.1, 0.15) is 39.3 Å². The third-order valence-electron chi connectivity index (χ3n) is 7.63. The quantitative estimate of drug-likeness (QED) is 0.0411. The topological polar surface area (TPSA) is 248 Å². The van der Waals surface area contributed by atoms with Crippen molar-refractivity contribution in [3.05, 3.63) is 24.8 Å². The van der Waals surface area contributed by atoms with Gasteiger partial charge in [0.1, 0.15) is 37.4 Å². The predicted molar refractivity (Wildman–Crippen MR) is 166 cm³/mol. The summed E-state index contributed by atoms with van der Waals surface area (Å²) in [5.41, 5.74) is 6.63. The third-order valence-corrected chi connectivity index (χ3v) is 14.3. The van der Waals surface area contributed by atoms with E-state index < -0.39 is 48.5 Å². The molecule has 6 N–H and O–H groups in total. The molecule has 2 aliphatic carbocycles. The van der Waals surface area contributed by atoms with Crippen LogP contribution in [0.3, 0.4) is 0 Å². The van der Waals surface area contributed by atoms with Gasteiger partial charge in [0, 0.05) is 6.42 Å². The minimum Gasteiger partial charge on any atom is -0.382 e. The van der Waals surface area contributed by atoms with Crippen LogP contribution in [-0.2, 0) is 36.3 Å². The van der Waals surface area contributed by atoms with Crippen molar-refractivity contribution in [2.75, 3.05) is 18.3 Å². The third kappa shape index (κ3) is 9.64. The van der Waals surface area contributed by atoms with E-state index in [-0.39, 0.29) is 22.8 Å². The molecule has 0 amide bonds. The van der Waals surface area contributed by atoms with E-state index in [2.05, 4.69) is 56.9 Å². The molecule has 2 aromatic rings. The first-order valence-electron chi connectivity index (χ1n) is 13.8. The Hall–Kier alpha value is -0.815. The van der Waals surface area contributed by atoms with E-state index in [1.165, 1.54) is 36.3 Å². The Kier molecular flexibility index (Phi) is 11.0. The number of nitrogen functional groups attached to an aromatic ring is 1. The fourth-order valence-electron chi connectivity index (χ4n) is 5.67. The number of aromatic nitrogens is 4. The molecule has 3 aliphatic rings. The van der Waals surface area contributed by atoms with Gasteiger partial charge < -0.3 is 34.8 Å². The number of nitrogens with two attached hydrogens (primary N) is 1. The van der Waals surface area contributed by atoms with Gasteiger partial charge in [0.15, 0.2) is 11.5 Å². The van der Waals surface area contributed by atoms with E-state index in [0.717, 1.165) is 12.2 Å². The molecule has 6 unspecified atom stereocenters. The SMILES string of the molecule is CC(C)([B]CC1CC2C=CC1C2)SSCO[C@@H]1C[C@H](n2cnc3c(N)ncnc32)OC1COP(=O)(O)OP(=O)(O)OP(=O)(O)O. The van der Waals surface area contributed by atoms with Crippen LogP contribution in [0.15, 0.2) is 24.8 Å². The molecule has 3 heterocycles. The second kappa shape index (κ2) is 14.0. The van der Waals surface area contributed by atoms with Crippen LogP contribution < -0.4 is 5.73 Å². The summed E-state index contributed by atoms with van der Waals surface area (Å²) in [7, 11) is -11.1. The number of hydrogen-bond donors (Lipinski definition) is 5. The Labute approximate surface area is 267 Å². The highest BCUT2D eigenvalue weighted by Gasteiger charge is 2.44. The van der Waals surface area contributed by atoms with E-state index in [9.17, 15) is 23.5 Å². The molecule has 45 heavy (non-hydrogen) atoms. The largest absolute Gasteiger partial charge is 0.490 e. The number of allylic oxidation sites excluding steroid dienone is 2. The average Bonchev–Trinajstić information content (AvgIpc) is 3.71. The molecule has 5 rings (SSSR count). The Balaban J connectivity index is 1.19. The highest BCUT2D eigenvalue weighted by atomic mass is 33.1. The summed E-state index contributed by atoms with van der Waals surface area (Å²) in [5.74, 6) is 2.47. The number of phosphoric ester groups is 1. The van der Waals surface area contributed by atoms with Crippen molar-refractivity contribution in [2.45, 2.75) is 62.5 Å². The highest BCUT2D eigenvalue weighted by molar-refractivity contribution is 8.77. The lowest BCUT2D eigenvalue weighted by Gasteiger charge is -2.26. The molecule has 1 aliphatic heterocycles. The number of phosphoric acid groups is 3. The van der Waals surface area contributed by atoms with Gasteiger partial charge in [0.2, 0.25) is 0 Å². The number of rotatable bonds is 16. The van der Waals surface area contributed by atoms with Gasteiger partial charge in [-0.3, -0.25) is 9.09 Å². The molecular formula is C22H34BN5O12P3S2. The van der Waals surface area contributed by atoms with Crippen LogP contribution in [0.4, 0.5) is 5.82 Å². The number of fused-ring (bicyclic) bond motifs is 3. The van der Waals surface area contributed by atoms with Crippen molar-refractivity contribution < 1.29 is 55.9 Å². The number of ether oxygens (including phenoxy) is 2. The lowest BCUT2D eigenvalue weighted by atomic mass is 9.58. The van der Waals surface area contributed by atoms with Gasteiger partial charge in [-0.25, -0.2) is 28.6 Å². The Morgan fingerprint density at radius 1 is 1.09 bits per heavy atom. The first-order chi connectivity index (χ1) is 21.0. The smallest absolute Gasteiger partial charge is 0.382 e. The number of hydrogen-bond acceptors (Lipinski definition) is 14. The molecule has 249 valence electrons. The van der Waals surface area contributed by atoms with Gasteiger partial charge in [-0.05, 0) is 35.2 Å². The zero-order valence-electron chi connectivity index (χ0n) is 24.2. The summed E-state index contributed by atoms with van der Waals surface area (Å²) in [6.45, 7) is 3.63. The summed E-state index contributed by atoms with van der Waals surface area (Å²) in [6, 6.07) is 0. The summed E-state index contributed by atoms with van der Waals surface area (Å²) in [6.07, 6.45) is 8.78. The van der Waals surface area contributed by atoms with Crippen molar-refractivity contribution in [3.8, 4) is 0 Å². The fourth-order valence-corrected chi connectivity index (χ4v) is 10.9. The Bertz CT molecular complexity index is 1550. The first kappa shape index (κ1) is 35.5. The van der Waals surface area contributed by atoms with Crippen molar-refractivity contribution in [1.82, 2.24) is 19.5 Å². The monoisotopic (exact) mass is 728 g/mol. The molecule has 23 heteroatoms. The van der Waals surface area contributed by atoms with Crippen molar-refractivity contribution in [3.63, 3.8) is 0 Å². The fraction of sp³-hybridized carbons (Fsp3) is 0.682. The van der Waals surface area contributed by atoms with Crippen LogP contribution in [0.2, 0.25) is 6.32 Å². The van der Waals surface area contributed by atoms with Crippen LogP contribution in [0.5, 0.6) is 0 Å². The van der Waals surface area contributed by atoms with Crippen LogP contribution in [0.25, 0.3) is 11.2 Å². The molecular weight excluding hydrogens is 694 g/mol. The second-order valence-corrected chi connectivity index (χ2v) is 18.8. The molecule has 8 atom stereocenters. The lowest BCUT2D eigenvalue weighted by Crippen LogP contribution is -2.29. The van der Waals surface area contributed by atoms with Gasteiger partial charge in [-0.1, -0.05) is 53.9 Å². The first-order valence-corrected chi connectivity index (χ1v) is 20.6. The van der Waals surface area contributed by atoms with Crippen LogP contribution in [-0.4, -0.2) is 75.8 Å². The maximum atomic E-state index is 12.4. The molecule has 1 saturated carbocycles. The highest BCUT2D eigenvalue weighted by Crippen LogP contribution is 2.66. The van der Waals surface area contributed by atoms with Gasteiger partial charge >= 0.3 is 23.5 Å². The van der Waals surface area contributed by atoms with Crippen LogP contribution in [0, 0.1) is 17.8 Å². The average molecular weight is 728 g/mol. The van der Waals surface area contributed by atoms with Crippen LogP contribution >= 0.6 is 45.1 Å². The lowest BCUT2D eigenvalue weighted by molar-refractivity contribution is -0.0522. The molecule has 1 saturated heterocycles. The maximum Gasteiger partial charge on any atom is 0.490 e. The predicted octanol–water partition coefficient (Wildman–Crippen LogP) is 3.83. The van der Waals surface area contributed by atoms with E-state index >= 15 is 0 Å². The van der Waals surface area contributed by atoms with Crippen molar-refractivity contribution >= 4 is 69.3 Å². The number of anilines is 1. The van der Waals surface area contributed by atoms with Crippen molar-refractivity contribution in [1.29, 1.82) is 0 Å². The molecule has 1 radical (unpaired) electrons. The molecule has 2 fully saturated rings. The minimum atomic E-state index is -5.67. The second-order valence-electron chi connectivity index (χ2n) is 11.4. The maximum absolute atomic E-state index is 12.4. The standard InChI is InChI=1S/C22H34BN5O12P3S2/c1-22(2,23-8-15-6-13-3-4-14(15)5-13)45-44-12-36-16-7-18(28-11-27-19-20(24)25-10-26-21(19)28)38-17(16)9-37-42(32,33)40-43(34,35)39-41(29,30)31/h3-4,10-11,13-18H,5-9,12H2,1-2H3,(H,32,33)(H,34,35)(H2,24,25,26)(H2,29,30,31)/t13?,14?,15?,16-,17?,18-/m1/s1. The molecule has 2 bridgehead atoms. The Morgan fingerprint density at radius 3 is 2.56 bits per heavy atom. The van der Waals surface area contributed by atoms with E-state index in [0.29, 0.717) is 23.0 Å². The van der Waals surface area contributed by atoms with Gasteiger partial charge in [-0.2, -0.15) is 8.62 Å². The molecule has 2 aromatic heterocycles. The van der Waals surface area contributed by atoms with E-state index in [4.69, 9.17) is 29.5 Å². The summed E-state index contributed by atoms with van der Waals surface area (Å²) < 4.78 is 61.1. The summed E-state index contributed by atoms with van der Waals surface area (Å²) >= 11 is 0. The zero-order chi connectivity index (χ0) is 32.6. The zero-order valence-corrected chi connectivity index (χ0v) is 28.5. The molecule has 0 spiro atoms. The van der Waals surface area contributed by atoms with E-state index in [1.807, 2.05) is 0 Å². The molecule has 0 aromatic carbocycles.